The molecule has 4 N–H and O–H groups in total. The Bertz CT molecular complexity index is 519. The predicted molar refractivity (Wildman–Crippen MR) is 55.8 cm³/mol. The second kappa shape index (κ2) is 2.98. The van der Waals surface area contributed by atoms with Gasteiger partial charge in [-0.3, -0.25) is 9.20 Å². The predicted octanol–water partition coefficient (Wildman–Crippen LogP) is 0.778. The highest BCUT2D eigenvalue weighted by Crippen LogP contribution is 2.17. The van der Waals surface area contributed by atoms with E-state index in [1.165, 1.54) is 0 Å². The van der Waals surface area contributed by atoms with Crippen molar-refractivity contribution in [3.05, 3.63) is 28.5 Å². The highest BCUT2D eigenvalue weighted by Gasteiger charge is 2.13. The molecule has 0 saturated carbocycles. The number of imidazole rings is 1. The lowest BCUT2D eigenvalue weighted by Crippen LogP contribution is -2.13. The first-order chi connectivity index (χ1) is 6.59. The first-order valence-corrected chi connectivity index (χ1v) is 4.62. The highest BCUT2D eigenvalue weighted by atomic mass is 79.9. The van der Waals surface area contributed by atoms with Gasteiger partial charge in [0.05, 0.1) is 0 Å². The number of amides is 1. The van der Waals surface area contributed by atoms with Crippen LogP contribution in [-0.4, -0.2) is 15.3 Å². The number of carbonyl (C=O) groups excluding carboxylic acids is 1. The smallest absolute Gasteiger partial charge is 0.271 e. The van der Waals surface area contributed by atoms with Gasteiger partial charge < -0.3 is 11.5 Å². The van der Waals surface area contributed by atoms with Crippen molar-refractivity contribution in [2.24, 2.45) is 5.73 Å². The van der Waals surface area contributed by atoms with E-state index in [2.05, 4.69) is 20.9 Å². The topological polar surface area (TPSA) is 86.4 Å². The van der Waals surface area contributed by atoms with Gasteiger partial charge in [0.2, 0.25) is 0 Å². The Hall–Kier alpha value is -1.56. The SMILES string of the molecule is NC(=O)c1nc2ccc(Br)cn2c1N. The summed E-state index contributed by atoms with van der Waals surface area (Å²) in [7, 11) is 0. The van der Waals surface area contributed by atoms with Gasteiger partial charge in [0, 0.05) is 10.7 Å². The summed E-state index contributed by atoms with van der Waals surface area (Å²) in [5, 5.41) is 0. The number of nitrogens with zero attached hydrogens (tertiary/aromatic N) is 2. The molecule has 0 aromatic carbocycles. The molecule has 2 heterocycles. The van der Waals surface area contributed by atoms with E-state index in [0.29, 0.717) is 5.65 Å². The molecule has 6 heteroatoms. The second-order valence-electron chi connectivity index (χ2n) is 2.79. The number of fused-ring (bicyclic) bond motifs is 1. The van der Waals surface area contributed by atoms with Crippen LogP contribution in [-0.2, 0) is 0 Å². The van der Waals surface area contributed by atoms with Gasteiger partial charge in [0.15, 0.2) is 5.69 Å². The maximum atomic E-state index is 10.9. The van der Waals surface area contributed by atoms with Crippen LogP contribution in [0, 0.1) is 0 Å². The zero-order chi connectivity index (χ0) is 10.3. The molecule has 2 aromatic rings. The number of halogens is 1. The van der Waals surface area contributed by atoms with Crippen molar-refractivity contribution >= 4 is 33.3 Å². The molecule has 0 radical (unpaired) electrons. The number of carbonyl (C=O) groups is 1. The van der Waals surface area contributed by atoms with Gasteiger partial charge in [-0.25, -0.2) is 4.98 Å². The number of rotatable bonds is 1. The third-order valence-corrected chi connectivity index (χ3v) is 2.32. The summed E-state index contributed by atoms with van der Waals surface area (Å²) in [6.45, 7) is 0. The number of anilines is 1. The molecule has 0 unspecified atom stereocenters. The van der Waals surface area contributed by atoms with Gasteiger partial charge in [0.25, 0.3) is 5.91 Å². The summed E-state index contributed by atoms with van der Waals surface area (Å²) in [5.41, 5.74) is 11.5. The quantitative estimate of drug-likeness (QED) is 0.789. The molecule has 72 valence electrons. The van der Waals surface area contributed by atoms with Gasteiger partial charge in [-0.05, 0) is 28.1 Å². The van der Waals surface area contributed by atoms with Crippen LogP contribution in [0.3, 0.4) is 0 Å². The van der Waals surface area contributed by atoms with Crippen molar-refractivity contribution in [2.75, 3.05) is 5.73 Å². The Morgan fingerprint density at radius 2 is 2.21 bits per heavy atom. The minimum absolute atomic E-state index is 0.100. The summed E-state index contributed by atoms with van der Waals surface area (Å²) < 4.78 is 2.45. The van der Waals surface area contributed by atoms with E-state index in [-0.39, 0.29) is 11.5 Å². The zero-order valence-electron chi connectivity index (χ0n) is 7.07. The number of hydrogen-bond donors (Lipinski definition) is 2. The number of pyridine rings is 1. The molecule has 0 aliphatic heterocycles. The Labute approximate surface area is 87.8 Å². The average molecular weight is 255 g/mol. The van der Waals surface area contributed by atoms with Crippen molar-refractivity contribution in [1.29, 1.82) is 0 Å². The molecular weight excluding hydrogens is 248 g/mol. The van der Waals surface area contributed by atoms with Crippen molar-refractivity contribution in [3.63, 3.8) is 0 Å². The van der Waals surface area contributed by atoms with Crippen LogP contribution < -0.4 is 11.5 Å². The monoisotopic (exact) mass is 254 g/mol. The van der Waals surface area contributed by atoms with Crippen LogP contribution in [0.5, 0.6) is 0 Å². The molecule has 0 spiro atoms. The van der Waals surface area contributed by atoms with E-state index in [0.717, 1.165) is 4.47 Å². The molecule has 0 atom stereocenters. The molecule has 1 amide bonds. The standard InChI is InChI=1S/C8H7BrN4O/c9-4-1-2-5-12-6(8(11)14)7(10)13(5)3-4/h1-3H,10H2,(H2,11,14). The summed E-state index contributed by atoms with van der Waals surface area (Å²) >= 11 is 3.29. The number of nitrogens with two attached hydrogens (primary N) is 2. The maximum Gasteiger partial charge on any atom is 0.271 e. The minimum atomic E-state index is -0.623. The lowest BCUT2D eigenvalue weighted by atomic mass is 10.4. The summed E-state index contributed by atoms with van der Waals surface area (Å²) in [4.78, 5) is 14.9. The fraction of sp³-hybridized carbons (Fsp3) is 0. The first kappa shape index (κ1) is 9.01. The molecule has 2 aromatic heterocycles. The molecule has 14 heavy (non-hydrogen) atoms. The highest BCUT2D eigenvalue weighted by molar-refractivity contribution is 9.10. The van der Waals surface area contributed by atoms with E-state index >= 15 is 0 Å². The Morgan fingerprint density at radius 1 is 1.50 bits per heavy atom. The molecule has 2 rings (SSSR count). The Morgan fingerprint density at radius 3 is 2.86 bits per heavy atom. The number of hydrogen-bond acceptors (Lipinski definition) is 3. The Balaban J connectivity index is 2.80. The molecule has 0 aliphatic carbocycles. The third kappa shape index (κ3) is 1.24. The summed E-state index contributed by atoms with van der Waals surface area (Å²) in [5.74, 6) is -0.365. The van der Waals surface area contributed by atoms with Crippen molar-refractivity contribution < 1.29 is 4.79 Å². The number of aromatic nitrogens is 2. The van der Waals surface area contributed by atoms with Crippen LogP contribution in [0.4, 0.5) is 5.82 Å². The minimum Gasteiger partial charge on any atom is -0.383 e. The maximum absolute atomic E-state index is 10.9. The lowest BCUT2D eigenvalue weighted by Gasteiger charge is -1.96. The van der Waals surface area contributed by atoms with E-state index in [1.54, 1.807) is 16.7 Å². The van der Waals surface area contributed by atoms with Gasteiger partial charge in [0.1, 0.15) is 11.5 Å². The second-order valence-corrected chi connectivity index (χ2v) is 3.70. The van der Waals surface area contributed by atoms with Crippen molar-refractivity contribution in [1.82, 2.24) is 9.38 Å². The van der Waals surface area contributed by atoms with Crippen LogP contribution >= 0.6 is 15.9 Å². The van der Waals surface area contributed by atoms with Crippen LogP contribution in [0.25, 0.3) is 5.65 Å². The first-order valence-electron chi connectivity index (χ1n) is 3.82. The number of nitrogen functional groups attached to an aromatic ring is 1. The normalized spacial score (nSPS) is 10.6. The molecule has 5 nitrogen and oxygen atoms in total. The van der Waals surface area contributed by atoms with Gasteiger partial charge in [-0.2, -0.15) is 0 Å². The van der Waals surface area contributed by atoms with E-state index < -0.39 is 5.91 Å². The molecular formula is C8H7BrN4O. The van der Waals surface area contributed by atoms with Crippen LogP contribution in [0.15, 0.2) is 22.8 Å². The van der Waals surface area contributed by atoms with Crippen molar-refractivity contribution in [2.45, 2.75) is 0 Å². The van der Waals surface area contributed by atoms with Gasteiger partial charge >= 0.3 is 0 Å². The third-order valence-electron chi connectivity index (χ3n) is 1.85. The zero-order valence-corrected chi connectivity index (χ0v) is 8.65. The fourth-order valence-corrected chi connectivity index (χ4v) is 1.56. The largest absolute Gasteiger partial charge is 0.383 e. The average Bonchev–Trinajstić information content (AvgIpc) is 2.44. The Kier molecular flexibility index (Phi) is 1.92. The molecule has 0 aliphatic rings. The number of primary amides is 1. The molecule has 0 fully saturated rings. The van der Waals surface area contributed by atoms with E-state index in [9.17, 15) is 4.79 Å². The lowest BCUT2D eigenvalue weighted by molar-refractivity contribution is 0.0997. The van der Waals surface area contributed by atoms with Gasteiger partial charge in [-0.1, -0.05) is 0 Å². The van der Waals surface area contributed by atoms with Crippen molar-refractivity contribution in [3.8, 4) is 0 Å². The van der Waals surface area contributed by atoms with Gasteiger partial charge in [-0.15, -0.1) is 0 Å². The summed E-state index contributed by atoms with van der Waals surface area (Å²) in [6, 6.07) is 3.55. The summed E-state index contributed by atoms with van der Waals surface area (Å²) in [6.07, 6.45) is 1.73. The molecule has 0 saturated heterocycles. The van der Waals surface area contributed by atoms with E-state index in [4.69, 9.17) is 11.5 Å². The van der Waals surface area contributed by atoms with Crippen LogP contribution in [0.1, 0.15) is 10.5 Å². The fourth-order valence-electron chi connectivity index (χ4n) is 1.22. The van der Waals surface area contributed by atoms with E-state index in [1.807, 2.05) is 6.07 Å². The van der Waals surface area contributed by atoms with Crippen LogP contribution in [0.2, 0.25) is 0 Å². The molecule has 0 bridgehead atoms.